The zero-order chi connectivity index (χ0) is 26.3. The highest BCUT2D eigenvalue weighted by Crippen LogP contribution is 2.34. The Morgan fingerprint density at radius 2 is 1.22 bits per heavy atom. The van der Waals surface area contributed by atoms with Gasteiger partial charge in [-0.1, -0.05) is 35.4 Å². The van der Waals surface area contributed by atoms with Gasteiger partial charge in [0.2, 0.25) is 0 Å². The molecular weight excluding hydrogens is 526 g/mol. The number of sulfonamides is 1. The fourth-order valence-electron chi connectivity index (χ4n) is 3.39. The number of hydrogen-bond donors (Lipinski definition) is 2. The van der Waals surface area contributed by atoms with Crippen LogP contribution in [0.3, 0.4) is 0 Å². The van der Waals surface area contributed by atoms with Crippen LogP contribution < -0.4 is 8.91 Å². The normalized spacial score (nSPS) is 12.4. The SMILES string of the molecule is Cc1ccc(S(=O)(=O)Nc2ccc3c(OS(=O)(=O)c4ccc(C)cc4)cc(S(=O)(=O)O)cc3c2)cc1. The van der Waals surface area contributed by atoms with Gasteiger partial charge >= 0.3 is 10.1 Å². The van der Waals surface area contributed by atoms with Gasteiger partial charge in [-0.15, -0.1) is 0 Å². The number of benzene rings is 4. The lowest BCUT2D eigenvalue weighted by Crippen LogP contribution is -2.13. The molecule has 0 saturated carbocycles. The van der Waals surface area contributed by atoms with Crippen molar-refractivity contribution in [2.24, 2.45) is 0 Å². The van der Waals surface area contributed by atoms with Crippen LogP contribution in [0.1, 0.15) is 11.1 Å². The second-order valence-corrected chi connectivity index (χ2v) is 12.8. The second-order valence-electron chi connectivity index (χ2n) is 8.10. The van der Waals surface area contributed by atoms with E-state index in [4.69, 9.17) is 4.18 Å². The van der Waals surface area contributed by atoms with E-state index in [0.717, 1.165) is 23.3 Å². The summed E-state index contributed by atoms with van der Waals surface area (Å²) in [5.41, 5.74) is 1.79. The molecule has 0 bridgehead atoms. The number of nitrogens with one attached hydrogen (secondary N) is 1. The highest BCUT2D eigenvalue weighted by atomic mass is 32.2. The Morgan fingerprint density at radius 3 is 1.78 bits per heavy atom. The smallest absolute Gasteiger partial charge is 0.339 e. The lowest BCUT2D eigenvalue weighted by Gasteiger charge is -2.13. The average Bonchev–Trinajstić information content (AvgIpc) is 2.78. The predicted molar refractivity (Wildman–Crippen MR) is 135 cm³/mol. The van der Waals surface area contributed by atoms with Crippen molar-refractivity contribution in [1.29, 1.82) is 0 Å². The molecule has 0 fully saturated rings. The van der Waals surface area contributed by atoms with Crippen LogP contribution in [0.2, 0.25) is 0 Å². The molecule has 0 saturated heterocycles. The van der Waals surface area contributed by atoms with Gasteiger partial charge in [-0.3, -0.25) is 9.27 Å². The second kappa shape index (κ2) is 9.21. The van der Waals surface area contributed by atoms with Gasteiger partial charge in [-0.25, -0.2) is 8.42 Å². The summed E-state index contributed by atoms with van der Waals surface area (Å²) in [6.07, 6.45) is 0. The third-order valence-electron chi connectivity index (χ3n) is 5.28. The van der Waals surface area contributed by atoms with E-state index in [-0.39, 0.29) is 32.0 Å². The molecule has 9 nitrogen and oxygen atoms in total. The van der Waals surface area contributed by atoms with Crippen molar-refractivity contribution in [3.63, 3.8) is 0 Å². The number of anilines is 1. The minimum absolute atomic E-state index is 0.0214. The molecule has 4 aromatic rings. The zero-order valence-electron chi connectivity index (χ0n) is 19.0. The molecule has 2 N–H and O–H groups in total. The van der Waals surface area contributed by atoms with Crippen LogP contribution >= 0.6 is 0 Å². The molecule has 0 aliphatic heterocycles. The highest BCUT2D eigenvalue weighted by molar-refractivity contribution is 7.92. The first kappa shape index (κ1) is 25.6. The molecule has 0 heterocycles. The topological polar surface area (TPSA) is 144 Å². The van der Waals surface area contributed by atoms with E-state index in [2.05, 4.69) is 4.72 Å². The van der Waals surface area contributed by atoms with Gasteiger partial charge < -0.3 is 4.18 Å². The minimum Gasteiger partial charge on any atom is -0.378 e. The molecule has 0 radical (unpaired) electrons. The summed E-state index contributed by atoms with van der Waals surface area (Å²) in [7, 11) is -13.1. The molecule has 188 valence electrons. The van der Waals surface area contributed by atoms with Crippen LogP contribution in [-0.4, -0.2) is 29.8 Å². The third kappa shape index (κ3) is 5.51. The first-order chi connectivity index (χ1) is 16.7. The van der Waals surface area contributed by atoms with Crippen LogP contribution in [0.4, 0.5) is 5.69 Å². The molecule has 0 aliphatic rings. The van der Waals surface area contributed by atoms with Crippen molar-refractivity contribution in [2.75, 3.05) is 4.72 Å². The molecule has 0 amide bonds. The Balaban J connectivity index is 1.79. The average molecular weight is 548 g/mol. The van der Waals surface area contributed by atoms with E-state index in [1.807, 2.05) is 6.92 Å². The van der Waals surface area contributed by atoms with Gasteiger partial charge in [0.05, 0.1) is 9.79 Å². The van der Waals surface area contributed by atoms with Gasteiger partial charge in [0.1, 0.15) is 4.90 Å². The van der Waals surface area contributed by atoms with Crippen LogP contribution in [0, 0.1) is 13.8 Å². The van der Waals surface area contributed by atoms with Crippen LogP contribution in [0.15, 0.2) is 93.5 Å². The summed E-state index contributed by atoms with van der Waals surface area (Å²) in [5.74, 6) is -0.353. The maximum Gasteiger partial charge on any atom is 0.339 e. The molecule has 4 aromatic carbocycles. The Bertz CT molecular complexity index is 1780. The van der Waals surface area contributed by atoms with E-state index in [1.54, 1.807) is 31.2 Å². The van der Waals surface area contributed by atoms with Gasteiger partial charge in [0.25, 0.3) is 20.1 Å². The third-order valence-corrected chi connectivity index (χ3v) is 8.76. The molecule has 0 unspecified atom stereocenters. The summed E-state index contributed by atoms with van der Waals surface area (Å²) in [6, 6.07) is 18.1. The summed E-state index contributed by atoms with van der Waals surface area (Å²) in [5, 5.41) is 0.291. The summed E-state index contributed by atoms with van der Waals surface area (Å²) in [6.45, 7) is 3.60. The lowest BCUT2D eigenvalue weighted by atomic mass is 10.1. The van der Waals surface area contributed by atoms with E-state index in [0.29, 0.717) is 0 Å². The highest BCUT2D eigenvalue weighted by Gasteiger charge is 2.22. The maximum atomic E-state index is 12.8. The summed E-state index contributed by atoms with van der Waals surface area (Å²) >= 11 is 0. The lowest BCUT2D eigenvalue weighted by molar-refractivity contribution is 0.477. The van der Waals surface area contributed by atoms with Gasteiger partial charge in [0.15, 0.2) is 5.75 Å². The standard InChI is InChI=1S/C24H21NO8S3/c1-16-3-8-20(9-4-16)34(26,27)25-19-7-12-23-18(13-19)14-22(35(28,29)30)15-24(23)33-36(31,32)21-10-5-17(2)6-11-21/h3-15,25H,1-2H3,(H,28,29,30). The Hall–Kier alpha value is -3.45. The minimum atomic E-state index is -4.75. The Kier molecular flexibility index (Phi) is 6.56. The largest absolute Gasteiger partial charge is 0.378 e. The molecule has 0 aromatic heterocycles. The predicted octanol–water partition coefficient (Wildman–Crippen LogP) is 4.27. The molecule has 0 spiro atoms. The van der Waals surface area contributed by atoms with Crippen molar-refractivity contribution in [2.45, 2.75) is 28.5 Å². The summed E-state index contributed by atoms with van der Waals surface area (Å²) in [4.78, 5) is -0.753. The molecular formula is C24H21NO8S3. The van der Waals surface area contributed by atoms with E-state index in [1.165, 1.54) is 42.5 Å². The van der Waals surface area contributed by atoms with E-state index < -0.39 is 35.2 Å². The van der Waals surface area contributed by atoms with Crippen molar-refractivity contribution in [1.82, 2.24) is 0 Å². The number of aryl methyl sites for hydroxylation is 2. The summed E-state index contributed by atoms with van der Waals surface area (Å²) < 4.78 is 92.2. The quantitative estimate of drug-likeness (QED) is 0.258. The van der Waals surface area contributed by atoms with Crippen molar-refractivity contribution in [3.8, 4) is 5.75 Å². The van der Waals surface area contributed by atoms with Gasteiger partial charge in [0, 0.05) is 17.1 Å². The molecule has 0 aliphatic carbocycles. The van der Waals surface area contributed by atoms with E-state index in [9.17, 15) is 29.8 Å². The first-order valence-corrected chi connectivity index (χ1v) is 14.7. The molecule has 36 heavy (non-hydrogen) atoms. The molecule has 0 atom stereocenters. The van der Waals surface area contributed by atoms with Crippen LogP contribution in [0.25, 0.3) is 10.8 Å². The van der Waals surface area contributed by atoms with Crippen LogP contribution in [-0.2, 0) is 30.3 Å². The van der Waals surface area contributed by atoms with E-state index >= 15 is 0 Å². The van der Waals surface area contributed by atoms with Crippen molar-refractivity contribution in [3.05, 3.63) is 90.0 Å². The number of hydrogen-bond acceptors (Lipinski definition) is 7. The van der Waals surface area contributed by atoms with Gasteiger partial charge in [-0.05, 0) is 67.8 Å². The van der Waals surface area contributed by atoms with Crippen molar-refractivity contribution >= 4 is 46.7 Å². The van der Waals surface area contributed by atoms with Crippen molar-refractivity contribution < 1.29 is 34.0 Å². The fraction of sp³-hybridized carbons (Fsp3) is 0.0833. The molecule has 12 heteroatoms. The Morgan fingerprint density at radius 1 is 0.667 bits per heavy atom. The number of rotatable bonds is 7. The van der Waals surface area contributed by atoms with Gasteiger partial charge in [-0.2, -0.15) is 16.8 Å². The number of fused-ring (bicyclic) bond motifs is 1. The zero-order valence-corrected chi connectivity index (χ0v) is 21.5. The van der Waals surface area contributed by atoms with Crippen LogP contribution in [0.5, 0.6) is 5.75 Å². The monoisotopic (exact) mass is 547 g/mol. The fourth-order valence-corrected chi connectivity index (χ4v) is 5.91. The molecule has 4 rings (SSSR count). The maximum absolute atomic E-state index is 12.8. The first-order valence-electron chi connectivity index (χ1n) is 10.4. The Labute approximate surface area is 209 Å².